The highest BCUT2D eigenvalue weighted by Crippen LogP contribution is 2.09. The number of hydrogen-bond donors (Lipinski definition) is 1. The summed E-state index contributed by atoms with van der Waals surface area (Å²) in [4.78, 5) is 0. The first-order valence-corrected chi connectivity index (χ1v) is 24.6. The lowest BCUT2D eigenvalue weighted by atomic mass is 10.3. The molecule has 0 aromatic rings. The van der Waals surface area contributed by atoms with Gasteiger partial charge in [0.05, 0.1) is 203 Å². The molecule has 16 unspecified atom stereocenters. The van der Waals surface area contributed by atoms with Gasteiger partial charge < -0.3 is 80.9 Å². The minimum atomic E-state index is -0.201. The molecule has 0 aromatic heterocycles. The molecule has 0 bridgehead atoms. The van der Waals surface area contributed by atoms with Crippen molar-refractivity contribution in [2.75, 3.05) is 113 Å². The lowest BCUT2D eigenvalue weighted by Gasteiger charge is -2.23. The van der Waals surface area contributed by atoms with Crippen LogP contribution in [0.1, 0.15) is 111 Å². The van der Waals surface area contributed by atoms with Crippen LogP contribution in [0.25, 0.3) is 0 Å². The molecule has 0 spiro atoms. The number of hydrogen-bond acceptors (Lipinski definition) is 17. The number of methoxy groups -OCH3 is 1. The van der Waals surface area contributed by atoms with E-state index in [0.717, 1.165) is 0 Å². The summed E-state index contributed by atoms with van der Waals surface area (Å²) < 4.78 is 93.6. The first kappa shape index (κ1) is 65.3. The van der Waals surface area contributed by atoms with Crippen LogP contribution in [0.15, 0.2) is 0 Å². The van der Waals surface area contributed by atoms with E-state index in [2.05, 4.69) is 0 Å². The summed E-state index contributed by atoms with van der Waals surface area (Å²) in [6.07, 6.45) is -1.35. The molecule has 0 fully saturated rings. The highest BCUT2D eigenvalue weighted by Gasteiger charge is 2.18. The van der Waals surface area contributed by atoms with E-state index in [0.29, 0.717) is 99.1 Å². The summed E-state index contributed by atoms with van der Waals surface area (Å²) in [6.45, 7) is 38.3. The second kappa shape index (κ2) is 41.0. The van der Waals surface area contributed by atoms with Gasteiger partial charge in [-0.3, -0.25) is 0 Å². The van der Waals surface area contributed by atoms with E-state index in [1.165, 1.54) is 0 Å². The normalized spacial score (nSPS) is 19.7. The first-order chi connectivity index (χ1) is 31.2. The first-order valence-electron chi connectivity index (χ1n) is 24.6. The fourth-order valence-corrected chi connectivity index (χ4v) is 5.29. The van der Waals surface area contributed by atoms with Crippen molar-refractivity contribution in [3.8, 4) is 0 Å². The van der Waals surface area contributed by atoms with Crippen LogP contribution in [-0.4, -0.2) is 216 Å². The van der Waals surface area contributed by atoms with Crippen LogP contribution in [0.5, 0.6) is 0 Å². The number of ether oxygens (including phenoxy) is 16. The second-order valence-electron chi connectivity index (χ2n) is 18.4. The predicted molar refractivity (Wildman–Crippen MR) is 255 cm³/mol. The Kier molecular flexibility index (Phi) is 40.6. The largest absolute Gasteiger partial charge is 0.394 e. The van der Waals surface area contributed by atoms with Crippen molar-refractivity contribution in [3.63, 3.8) is 0 Å². The van der Waals surface area contributed by atoms with Gasteiger partial charge in [-0.2, -0.15) is 0 Å². The highest BCUT2D eigenvalue weighted by atomic mass is 16.6. The second-order valence-corrected chi connectivity index (χ2v) is 18.4. The van der Waals surface area contributed by atoms with Crippen molar-refractivity contribution in [1.82, 2.24) is 0 Å². The number of aliphatic hydroxyl groups is 1. The Labute approximate surface area is 401 Å². The van der Waals surface area contributed by atoms with Crippen molar-refractivity contribution in [3.05, 3.63) is 0 Å². The topological polar surface area (TPSA) is 168 Å². The summed E-state index contributed by atoms with van der Waals surface area (Å²) in [5.41, 5.74) is 0. The van der Waals surface area contributed by atoms with Gasteiger partial charge in [0.15, 0.2) is 0 Å². The Morgan fingerprint density at radius 1 is 0.197 bits per heavy atom. The zero-order valence-corrected chi connectivity index (χ0v) is 44.5. The van der Waals surface area contributed by atoms with Crippen LogP contribution >= 0.6 is 0 Å². The average Bonchev–Trinajstić information content (AvgIpc) is 3.30. The van der Waals surface area contributed by atoms with E-state index in [1.54, 1.807) is 7.11 Å². The molecule has 0 saturated heterocycles. The molecule has 16 atom stereocenters. The lowest BCUT2D eigenvalue weighted by molar-refractivity contribution is -0.116. The van der Waals surface area contributed by atoms with Crippen molar-refractivity contribution >= 4 is 0 Å². The third kappa shape index (κ3) is 40.1. The molecule has 0 amide bonds. The summed E-state index contributed by atoms with van der Waals surface area (Å²) in [5, 5.41) is 9.07. The van der Waals surface area contributed by atoms with Crippen LogP contribution < -0.4 is 0 Å². The maximum absolute atomic E-state index is 9.07. The monoisotopic (exact) mass is 961 g/mol. The predicted octanol–water partition coefficient (Wildman–Crippen LogP) is 6.09. The van der Waals surface area contributed by atoms with E-state index < -0.39 is 0 Å². The van der Waals surface area contributed by atoms with Gasteiger partial charge in [-0.1, -0.05) is 0 Å². The third-order valence-corrected chi connectivity index (χ3v) is 9.89. The van der Waals surface area contributed by atoms with Crippen LogP contribution in [0.2, 0.25) is 0 Å². The molecule has 398 valence electrons. The van der Waals surface area contributed by atoms with Crippen molar-refractivity contribution in [2.24, 2.45) is 0 Å². The Hall–Kier alpha value is -0.680. The van der Waals surface area contributed by atoms with E-state index >= 15 is 0 Å². The fraction of sp³-hybridized carbons (Fsp3) is 1.00. The lowest BCUT2D eigenvalue weighted by Crippen LogP contribution is -2.31. The summed E-state index contributed by atoms with van der Waals surface area (Å²) in [6, 6.07) is 0. The SMILES string of the molecule is COC(C)COC(C)COC(C)COC(C)COC(C)COC(C)COC(C)COC(C)COC(C)COC(C)COC(C)COC(C)COC(C)COC(C)COC(C)COC(C)CO. The molecular weight excluding hydrogens is 861 g/mol. The fourth-order valence-electron chi connectivity index (χ4n) is 5.29. The third-order valence-electron chi connectivity index (χ3n) is 9.89. The van der Waals surface area contributed by atoms with Gasteiger partial charge in [0, 0.05) is 7.11 Å². The molecular formula is C49H100O17. The minimum absolute atomic E-state index is 0.00971. The Balaban J connectivity index is 3.99. The van der Waals surface area contributed by atoms with Crippen LogP contribution in [-0.2, 0) is 75.8 Å². The maximum atomic E-state index is 9.07. The molecule has 66 heavy (non-hydrogen) atoms. The average molecular weight is 961 g/mol. The van der Waals surface area contributed by atoms with Gasteiger partial charge in [-0.25, -0.2) is 0 Å². The van der Waals surface area contributed by atoms with Gasteiger partial charge in [-0.15, -0.1) is 0 Å². The van der Waals surface area contributed by atoms with Crippen molar-refractivity contribution in [1.29, 1.82) is 0 Å². The van der Waals surface area contributed by atoms with Gasteiger partial charge in [0.2, 0.25) is 0 Å². The molecule has 0 rings (SSSR count). The van der Waals surface area contributed by atoms with Gasteiger partial charge >= 0.3 is 0 Å². The Morgan fingerprint density at radius 3 is 0.409 bits per heavy atom. The molecule has 0 saturated carbocycles. The van der Waals surface area contributed by atoms with Gasteiger partial charge in [0.1, 0.15) is 0 Å². The molecule has 0 aliphatic rings. The van der Waals surface area contributed by atoms with E-state index in [4.69, 9.17) is 80.9 Å². The molecule has 0 heterocycles. The Morgan fingerprint density at radius 2 is 0.303 bits per heavy atom. The standard InChI is InChI=1S/C49H100O17/c1-34(18-50)52-20-36(3)54-22-38(5)56-24-40(7)58-26-42(9)60-28-44(11)62-30-46(13)64-32-48(15)66-33-49(16)65-31-47(14)63-29-45(12)61-27-43(10)59-25-41(8)57-23-39(6)55-21-37(4)53-19-35(2)51-17/h34-50H,18-33H2,1-17H3. The molecule has 17 nitrogen and oxygen atoms in total. The summed E-state index contributed by atoms with van der Waals surface area (Å²) in [5.74, 6) is 0. The molecule has 0 aliphatic heterocycles. The van der Waals surface area contributed by atoms with Crippen LogP contribution in [0, 0.1) is 0 Å². The highest BCUT2D eigenvalue weighted by molar-refractivity contribution is 4.63. The maximum Gasteiger partial charge on any atom is 0.0781 e. The van der Waals surface area contributed by atoms with Crippen LogP contribution in [0.4, 0.5) is 0 Å². The van der Waals surface area contributed by atoms with Gasteiger partial charge in [-0.05, 0) is 111 Å². The smallest absolute Gasteiger partial charge is 0.0781 e. The quantitative estimate of drug-likeness (QED) is 0.0744. The summed E-state index contributed by atoms with van der Waals surface area (Å²) >= 11 is 0. The number of rotatable bonds is 47. The van der Waals surface area contributed by atoms with Gasteiger partial charge in [0.25, 0.3) is 0 Å². The molecule has 0 aliphatic carbocycles. The number of aliphatic hydroxyl groups excluding tert-OH is 1. The van der Waals surface area contributed by atoms with E-state index in [1.807, 2.05) is 111 Å². The molecule has 0 radical (unpaired) electrons. The molecule has 1 N–H and O–H groups in total. The van der Waals surface area contributed by atoms with Crippen LogP contribution in [0.3, 0.4) is 0 Å². The molecule has 17 heteroatoms. The summed E-state index contributed by atoms with van der Waals surface area (Å²) in [7, 11) is 1.67. The van der Waals surface area contributed by atoms with Crippen molar-refractivity contribution in [2.45, 2.75) is 208 Å². The van der Waals surface area contributed by atoms with Crippen molar-refractivity contribution < 1.29 is 80.9 Å². The zero-order valence-electron chi connectivity index (χ0n) is 44.5. The zero-order chi connectivity index (χ0) is 49.9. The van der Waals surface area contributed by atoms with E-state index in [-0.39, 0.29) is 104 Å². The minimum Gasteiger partial charge on any atom is -0.394 e. The Bertz CT molecular complexity index is 986. The van der Waals surface area contributed by atoms with E-state index in [9.17, 15) is 0 Å². The molecule has 0 aromatic carbocycles.